The number of aryl methyl sites for hydroxylation is 1. The van der Waals surface area contributed by atoms with E-state index in [1.165, 1.54) is 0 Å². The summed E-state index contributed by atoms with van der Waals surface area (Å²) >= 11 is 0. The van der Waals surface area contributed by atoms with E-state index >= 15 is 0 Å². The van der Waals surface area contributed by atoms with E-state index in [0.29, 0.717) is 0 Å². The first-order chi connectivity index (χ1) is 6.86. The Hall–Kier alpha value is -0.870. The molecular formula is C11H21N3O. The molecule has 0 aliphatic carbocycles. The van der Waals surface area contributed by atoms with Crippen LogP contribution in [0.4, 0.5) is 0 Å². The third-order valence-electron chi connectivity index (χ3n) is 2.68. The summed E-state index contributed by atoms with van der Waals surface area (Å²) in [6, 6.07) is 1.64. The van der Waals surface area contributed by atoms with Crippen LogP contribution in [0.15, 0.2) is 12.3 Å². The van der Waals surface area contributed by atoms with Crippen LogP contribution in [0.25, 0.3) is 0 Å². The van der Waals surface area contributed by atoms with E-state index in [0.717, 1.165) is 5.69 Å². The van der Waals surface area contributed by atoms with Gasteiger partial charge in [0.25, 0.3) is 0 Å². The van der Waals surface area contributed by atoms with E-state index < -0.39 is 0 Å². The molecule has 2 atom stereocenters. The highest BCUT2D eigenvalue weighted by molar-refractivity contribution is 4.98. The molecule has 1 aromatic heterocycles. The Bertz CT molecular complexity index is 314. The first-order valence-corrected chi connectivity index (χ1v) is 5.24. The lowest BCUT2D eigenvalue weighted by atomic mass is 9.83. The van der Waals surface area contributed by atoms with Gasteiger partial charge in [-0.05, 0) is 18.4 Å². The highest BCUT2D eigenvalue weighted by Gasteiger charge is 2.30. The lowest BCUT2D eigenvalue weighted by molar-refractivity contribution is 0.145. The average molecular weight is 211 g/mol. The van der Waals surface area contributed by atoms with Crippen LogP contribution in [-0.2, 0) is 0 Å². The summed E-state index contributed by atoms with van der Waals surface area (Å²) in [5, 5.41) is 13.7. The van der Waals surface area contributed by atoms with E-state index in [9.17, 15) is 5.11 Å². The van der Waals surface area contributed by atoms with Gasteiger partial charge in [0.2, 0.25) is 0 Å². The minimum atomic E-state index is -0.154. The number of aliphatic hydroxyl groups is 1. The molecule has 0 radical (unpaired) electrons. The summed E-state index contributed by atoms with van der Waals surface area (Å²) in [5.74, 6) is 0. The molecular weight excluding hydrogens is 190 g/mol. The van der Waals surface area contributed by atoms with Crippen LogP contribution in [0.1, 0.15) is 32.5 Å². The molecule has 2 unspecified atom stereocenters. The van der Waals surface area contributed by atoms with Gasteiger partial charge < -0.3 is 10.8 Å². The Morgan fingerprint density at radius 2 is 2.13 bits per heavy atom. The zero-order chi connectivity index (χ0) is 11.6. The maximum atomic E-state index is 9.38. The predicted molar refractivity (Wildman–Crippen MR) is 60.5 cm³/mol. The normalized spacial score (nSPS) is 16.4. The standard InChI is InChI=1S/C11H21N3O/c1-8-5-6-14(13-8)9(7-15)10(12)11(2,3)4/h5-6,9-10,15H,7,12H2,1-4H3. The molecule has 0 saturated carbocycles. The summed E-state index contributed by atoms with van der Waals surface area (Å²) in [5.41, 5.74) is 7.02. The van der Waals surface area contributed by atoms with E-state index in [1.807, 2.05) is 19.2 Å². The molecule has 0 bridgehead atoms. The third-order valence-corrected chi connectivity index (χ3v) is 2.68. The third kappa shape index (κ3) is 2.79. The Morgan fingerprint density at radius 1 is 1.53 bits per heavy atom. The second-order valence-electron chi connectivity index (χ2n) is 5.08. The fourth-order valence-electron chi connectivity index (χ4n) is 1.56. The van der Waals surface area contributed by atoms with Crippen LogP contribution < -0.4 is 5.73 Å². The second kappa shape index (κ2) is 4.33. The van der Waals surface area contributed by atoms with Crippen LogP contribution in [-0.4, -0.2) is 27.5 Å². The van der Waals surface area contributed by atoms with Gasteiger partial charge in [-0.2, -0.15) is 5.10 Å². The van der Waals surface area contributed by atoms with Gasteiger partial charge >= 0.3 is 0 Å². The minimum absolute atomic E-state index is 0.0134. The van der Waals surface area contributed by atoms with Crippen molar-refractivity contribution >= 4 is 0 Å². The monoisotopic (exact) mass is 211 g/mol. The molecule has 3 N–H and O–H groups in total. The van der Waals surface area contributed by atoms with Crippen molar-refractivity contribution in [1.29, 1.82) is 0 Å². The Kier molecular flexibility index (Phi) is 3.52. The van der Waals surface area contributed by atoms with Gasteiger partial charge in [-0.3, -0.25) is 4.68 Å². The molecule has 0 amide bonds. The Labute approximate surface area is 91.1 Å². The molecule has 0 aromatic carbocycles. The molecule has 1 rings (SSSR count). The first-order valence-electron chi connectivity index (χ1n) is 5.24. The van der Waals surface area contributed by atoms with Crippen LogP contribution in [0.2, 0.25) is 0 Å². The van der Waals surface area contributed by atoms with Crippen LogP contribution in [0.5, 0.6) is 0 Å². The van der Waals surface area contributed by atoms with Crippen LogP contribution in [0, 0.1) is 12.3 Å². The number of aliphatic hydroxyl groups excluding tert-OH is 1. The number of aromatic nitrogens is 2. The molecule has 4 heteroatoms. The predicted octanol–water partition coefficient (Wildman–Crippen LogP) is 1.10. The summed E-state index contributed by atoms with van der Waals surface area (Å²) in [6.45, 7) is 8.14. The number of rotatable bonds is 3. The molecule has 0 fully saturated rings. The lowest BCUT2D eigenvalue weighted by Gasteiger charge is -2.33. The molecule has 0 spiro atoms. The van der Waals surface area contributed by atoms with E-state index in [-0.39, 0.29) is 24.1 Å². The fourth-order valence-corrected chi connectivity index (χ4v) is 1.56. The van der Waals surface area contributed by atoms with Gasteiger partial charge in [0.1, 0.15) is 0 Å². The molecule has 4 nitrogen and oxygen atoms in total. The maximum absolute atomic E-state index is 9.38. The number of hydrogen-bond donors (Lipinski definition) is 2. The smallest absolute Gasteiger partial charge is 0.0905 e. The van der Waals surface area contributed by atoms with Crippen molar-refractivity contribution in [3.63, 3.8) is 0 Å². The molecule has 15 heavy (non-hydrogen) atoms. The van der Waals surface area contributed by atoms with Crippen molar-refractivity contribution in [1.82, 2.24) is 9.78 Å². The maximum Gasteiger partial charge on any atom is 0.0905 e. The van der Waals surface area contributed by atoms with Gasteiger partial charge in [-0.15, -0.1) is 0 Å². The van der Waals surface area contributed by atoms with Crippen molar-refractivity contribution in [3.8, 4) is 0 Å². The van der Waals surface area contributed by atoms with Gasteiger partial charge in [0.05, 0.1) is 18.3 Å². The highest BCUT2D eigenvalue weighted by Crippen LogP contribution is 2.25. The number of nitrogens with two attached hydrogens (primary N) is 1. The van der Waals surface area contributed by atoms with Crippen LogP contribution in [0.3, 0.4) is 0 Å². The summed E-state index contributed by atoms with van der Waals surface area (Å²) < 4.78 is 1.76. The molecule has 0 saturated heterocycles. The van der Waals surface area contributed by atoms with Crippen molar-refractivity contribution in [2.24, 2.45) is 11.1 Å². The van der Waals surface area contributed by atoms with Gasteiger partial charge in [0, 0.05) is 12.2 Å². The fraction of sp³-hybridized carbons (Fsp3) is 0.727. The van der Waals surface area contributed by atoms with E-state index in [4.69, 9.17) is 5.73 Å². The molecule has 1 aromatic rings. The van der Waals surface area contributed by atoms with Crippen molar-refractivity contribution in [2.75, 3.05) is 6.61 Å². The summed E-state index contributed by atoms with van der Waals surface area (Å²) in [6.07, 6.45) is 1.86. The topological polar surface area (TPSA) is 64.1 Å². The average Bonchev–Trinajstić information content (AvgIpc) is 2.51. The van der Waals surface area contributed by atoms with Crippen molar-refractivity contribution in [2.45, 2.75) is 39.8 Å². The SMILES string of the molecule is Cc1ccn(C(CO)C(N)C(C)(C)C)n1. The van der Waals surface area contributed by atoms with Gasteiger partial charge in [-0.1, -0.05) is 20.8 Å². The van der Waals surface area contributed by atoms with E-state index in [1.54, 1.807) is 4.68 Å². The molecule has 86 valence electrons. The summed E-state index contributed by atoms with van der Waals surface area (Å²) in [7, 11) is 0. The highest BCUT2D eigenvalue weighted by atomic mass is 16.3. The van der Waals surface area contributed by atoms with Crippen molar-refractivity contribution < 1.29 is 5.11 Å². The Morgan fingerprint density at radius 3 is 2.47 bits per heavy atom. The largest absolute Gasteiger partial charge is 0.394 e. The zero-order valence-corrected chi connectivity index (χ0v) is 9.94. The molecule has 0 aliphatic heterocycles. The first kappa shape index (κ1) is 12.2. The quantitative estimate of drug-likeness (QED) is 0.787. The molecule has 1 heterocycles. The van der Waals surface area contributed by atoms with Crippen molar-refractivity contribution in [3.05, 3.63) is 18.0 Å². The number of nitrogens with zero attached hydrogens (tertiary/aromatic N) is 2. The van der Waals surface area contributed by atoms with Crippen LogP contribution >= 0.6 is 0 Å². The van der Waals surface area contributed by atoms with E-state index in [2.05, 4.69) is 25.9 Å². The van der Waals surface area contributed by atoms with Gasteiger partial charge in [0.15, 0.2) is 0 Å². The lowest BCUT2D eigenvalue weighted by Crippen LogP contribution is -2.44. The minimum Gasteiger partial charge on any atom is -0.394 e. The summed E-state index contributed by atoms with van der Waals surface area (Å²) in [4.78, 5) is 0. The molecule has 0 aliphatic rings. The van der Waals surface area contributed by atoms with Gasteiger partial charge in [-0.25, -0.2) is 0 Å². The second-order valence-corrected chi connectivity index (χ2v) is 5.08. The Balaban J connectivity index is 2.89. The zero-order valence-electron chi connectivity index (χ0n) is 9.94. The number of hydrogen-bond acceptors (Lipinski definition) is 3.